The maximum Gasteiger partial charge on any atom is 0.186 e. The molecule has 0 aliphatic heterocycles. The van der Waals surface area contributed by atoms with Crippen LogP contribution < -0.4 is 0 Å². The number of aliphatic hydroxyl groups excluding tert-OH is 1. The fourth-order valence-corrected chi connectivity index (χ4v) is 2.02. The van der Waals surface area contributed by atoms with Crippen LogP contribution >= 0.6 is 11.6 Å². The minimum Gasteiger partial charge on any atom is -0.392 e. The summed E-state index contributed by atoms with van der Waals surface area (Å²) in [5.74, 6) is -0.148. The van der Waals surface area contributed by atoms with Gasteiger partial charge in [-0.3, -0.25) is 4.79 Å². The summed E-state index contributed by atoms with van der Waals surface area (Å²) in [5.41, 5.74) is 2.30. The van der Waals surface area contributed by atoms with Gasteiger partial charge in [0.2, 0.25) is 0 Å². The maximum absolute atomic E-state index is 12.3. The molecule has 0 radical (unpaired) electrons. The van der Waals surface area contributed by atoms with Crippen molar-refractivity contribution in [2.75, 3.05) is 6.61 Å². The standard InChI is InChI=1S/C18H15ClO2/c19-16-10-8-14(9-11-16)13-17(18(21)7-4-12-20)15-5-2-1-3-6-15/h1-11,13,20H,12H2. The van der Waals surface area contributed by atoms with Gasteiger partial charge in [0.05, 0.1) is 6.61 Å². The number of hydrogen-bond donors (Lipinski definition) is 1. The van der Waals surface area contributed by atoms with E-state index in [1.165, 1.54) is 12.2 Å². The Balaban J connectivity index is 2.43. The fourth-order valence-electron chi connectivity index (χ4n) is 1.89. The van der Waals surface area contributed by atoms with Crippen LogP contribution in [0.4, 0.5) is 0 Å². The monoisotopic (exact) mass is 298 g/mol. The molecule has 1 N–H and O–H groups in total. The molecule has 0 bridgehead atoms. The van der Waals surface area contributed by atoms with Crippen molar-refractivity contribution in [2.45, 2.75) is 0 Å². The van der Waals surface area contributed by atoms with Crippen molar-refractivity contribution in [3.63, 3.8) is 0 Å². The zero-order valence-electron chi connectivity index (χ0n) is 11.4. The first-order valence-corrected chi connectivity index (χ1v) is 6.93. The average molecular weight is 299 g/mol. The average Bonchev–Trinajstić information content (AvgIpc) is 2.53. The minimum atomic E-state index is -0.158. The van der Waals surface area contributed by atoms with Crippen LogP contribution in [0.5, 0.6) is 0 Å². The first-order chi connectivity index (χ1) is 10.2. The van der Waals surface area contributed by atoms with Crippen LogP contribution in [0, 0.1) is 0 Å². The lowest BCUT2D eigenvalue weighted by Crippen LogP contribution is -1.98. The lowest BCUT2D eigenvalue weighted by molar-refractivity contribution is -0.109. The topological polar surface area (TPSA) is 37.3 Å². The second kappa shape index (κ2) is 7.58. The second-order valence-electron chi connectivity index (χ2n) is 4.42. The number of ketones is 1. The quantitative estimate of drug-likeness (QED) is 0.669. The zero-order chi connectivity index (χ0) is 15.1. The molecule has 3 heteroatoms. The molecule has 106 valence electrons. The van der Waals surface area contributed by atoms with Crippen molar-refractivity contribution in [2.24, 2.45) is 0 Å². The van der Waals surface area contributed by atoms with Crippen molar-refractivity contribution in [1.29, 1.82) is 0 Å². The van der Waals surface area contributed by atoms with E-state index in [1.807, 2.05) is 48.5 Å². The zero-order valence-corrected chi connectivity index (χ0v) is 12.1. The summed E-state index contributed by atoms with van der Waals surface area (Å²) in [4.78, 5) is 12.3. The molecule has 2 nitrogen and oxygen atoms in total. The summed E-state index contributed by atoms with van der Waals surface area (Å²) in [5, 5.41) is 9.47. The fraction of sp³-hybridized carbons (Fsp3) is 0.0556. The minimum absolute atomic E-state index is 0.148. The molecule has 0 saturated heterocycles. The Hall–Kier alpha value is -2.16. The van der Waals surface area contributed by atoms with Crippen LogP contribution in [0.3, 0.4) is 0 Å². The van der Waals surface area contributed by atoms with E-state index in [9.17, 15) is 4.79 Å². The van der Waals surface area contributed by atoms with Gasteiger partial charge in [0, 0.05) is 10.6 Å². The summed E-state index contributed by atoms with van der Waals surface area (Å²) in [6.45, 7) is -0.158. The smallest absolute Gasteiger partial charge is 0.186 e. The molecule has 0 aliphatic rings. The van der Waals surface area contributed by atoms with Gasteiger partial charge < -0.3 is 5.11 Å². The van der Waals surface area contributed by atoms with Crippen LogP contribution in [0.25, 0.3) is 11.6 Å². The first kappa shape index (κ1) is 15.2. The van der Waals surface area contributed by atoms with Gasteiger partial charge >= 0.3 is 0 Å². The van der Waals surface area contributed by atoms with Crippen molar-refractivity contribution in [3.05, 3.63) is 82.9 Å². The summed E-state index contributed by atoms with van der Waals surface area (Å²) >= 11 is 5.87. The third-order valence-electron chi connectivity index (χ3n) is 2.91. The molecule has 2 rings (SSSR count). The lowest BCUT2D eigenvalue weighted by atomic mass is 9.98. The number of halogens is 1. The van der Waals surface area contributed by atoms with Crippen LogP contribution in [-0.2, 0) is 4.79 Å². The van der Waals surface area contributed by atoms with Crippen LogP contribution in [0.2, 0.25) is 5.02 Å². The Bertz CT molecular complexity index is 655. The molecular formula is C18H15ClO2. The SMILES string of the molecule is O=C(C=CCO)C(=Cc1ccc(Cl)cc1)c1ccccc1. The highest BCUT2D eigenvalue weighted by atomic mass is 35.5. The van der Waals surface area contributed by atoms with Gasteiger partial charge in [0.1, 0.15) is 0 Å². The van der Waals surface area contributed by atoms with Crippen molar-refractivity contribution < 1.29 is 9.90 Å². The van der Waals surface area contributed by atoms with Gasteiger partial charge in [-0.15, -0.1) is 0 Å². The summed E-state index contributed by atoms with van der Waals surface area (Å²) in [6.07, 6.45) is 4.63. The van der Waals surface area contributed by atoms with Crippen molar-refractivity contribution in [3.8, 4) is 0 Å². The highest BCUT2D eigenvalue weighted by Gasteiger charge is 2.09. The van der Waals surface area contributed by atoms with E-state index in [-0.39, 0.29) is 12.4 Å². The molecule has 0 spiro atoms. The molecule has 0 aromatic heterocycles. The third-order valence-corrected chi connectivity index (χ3v) is 3.16. The second-order valence-corrected chi connectivity index (χ2v) is 4.86. The van der Waals surface area contributed by atoms with Gasteiger partial charge in [-0.05, 0) is 35.4 Å². The normalized spacial score (nSPS) is 11.8. The molecule has 0 unspecified atom stereocenters. The van der Waals surface area contributed by atoms with Gasteiger partial charge in [-0.1, -0.05) is 60.1 Å². The predicted molar refractivity (Wildman–Crippen MR) is 87.0 cm³/mol. The number of hydrogen-bond acceptors (Lipinski definition) is 2. The number of allylic oxidation sites excluding steroid dienone is 2. The molecule has 21 heavy (non-hydrogen) atoms. The molecule has 2 aromatic rings. The molecule has 0 atom stereocenters. The molecular weight excluding hydrogens is 284 g/mol. The number of carbonyl (C=O) groups excluding carboxylic acids is 1. The van der Waals surface area contributed by atoms with Crippen molar-refractivity contribution >= 4 is 29.0 Å². The van der Waals surface area contributed by atoms with Gasteiger partial charge in [-0.25, -0.2) is 0 Å². The van der Waals surface area contributed by atoms with E-state index in [0.717, 1.165) is 11.1 Å². The largest absolute Gasteiger partial charge is 0.392 e. The van der Waals surface area contributed by atoms with E-state index < -0.39 is 0 Å². The number of benzene rings is 2. The van der Waals surface area contributed by atoms with E-state index in [1.54, 1.807) is 12.1 Å². The molecule has 0 saturated carbocycles. The van der Waals surface area contributed by atoms with E-state index >= 15 is 0 Å². The summed E-state index contributed by atoms with van der Waals surface area (Å²) in [7, 11) is 0. The van der Waals surface area contributed by atoms with Crippen LogP contribution in [0.15, 0.2) is 66.7 Å². The van der Waals surface area contributed by atoms with Crippen LogP contribution in [0.1, 0.15) is 11.1 Å². The Kier molecular flexibility index (Phi) is 5.50. The van der Waals surface area contributed by atoms with Crippen LogP contribution in [-0.4, -0.2) is 17.5 Å². The number of carbonyl (C=O) groups is 1. The van der Waals surface area contributed by atoms with Gasteiger partial charge in [0.15, 0.2) is 5.78 Å². The predicted octanol–water partition coefficient (Wildman–Crippen LogP) is 4.00. The Morgan fingerprint density at radius 3 is 2.33 bits per heavy atom. The van der Waals surface area contributed by atoms with Crippen molar-refractivity contribution in [1.82, 2.24) is 0 Å². The Morgan fingerprint density at radius 2 is 1.71 bits per heavy atom. The summed E-state index contributed by atoms with van der Waals surface area (Å²) in [6, 6.07) is 16.7. The first-order valence-electron chi connectivity index (χ1n) is 6.55. The molecule has 0 heterocycles. The maximum atomic E-state index is 12.3. The van der Waals surface area contributed by atoms with E-state index in [2.05, 4.69) is 0 Å². The molecule has 0 aliphatic carbocycles. The Labute approximate surface area is 129 Å². The number of rotatable bonds is 5. The Morgan fingerprint density at radius 1 is 1.05 bits per heavy atom. The van der Waals surface area contributed by atoms with E-state index in [4.69, 9.17) is 16.7 Å². The lowest BCUT2D eigenvalue weighted by Gasteiger charge is -2.05. The molecule has 2 aromatic carbocycles. The van der Waals surface area contributed by atoms with Gasteiger partial charge in [-0.2, -0.15) is 0 Å². The number of aliphatic hydroxyl groups is 1. The van der Waals surface area contributed by atoms with E-state index in [0.29, 0.717) is 10.6 Å². The molecule has 0 amide bonds. The molecule has 0 fully saturated rings. The highest BCUT2D eigenvalue weighted by Crippen LogP contribution is 2.21. The third kappa shape index (κ3) is 4.42. The highest BCUT2D eigenvalue weighted by molar-refractivity contribution is 6.31. The van der Waals surface area contributed by atoms with Gasteiger partial charge in [0.25, 0.3) is 0 Å². The summed E-state index contributed by atoms with van der Waals surface area (Å²) < 4.78 is 0.